The van der Waals surface area contributed by atoms with Crippen LogP contribution < -0.4 is 17.2 Å². The second-order valence-electron chi connectivity index (χ2n) is 4.87. The Morgan fingerprint density at radius 3 is 1.86 bits per heavy atom. The molecule has 0 radical (unpaired) electrons. The molecule has 0 spiro atoms. The van der Waals surface area contributed by atoms with Crippen molar-refractivity contribution >= 4 is 0 Å². The lowest BCUT2D eigenvalue weighted by atomic mass is 9.91. The minimum absolute atomic E-state index is 0. The minimum Gasteiger partial charge on any atom is -0.494 e. The third-order valence-corrected chi connectivity index (χ3v) is 3.02. The molecule has 0 aromatic carbocycles. The highest BCUT2D eigenvalue weighted by molar-refractivity contribution is 4.92. The second kappa shape index (κ2) is 13.0. The standard InChI is InChI=1S/C11H25N3O2.C4H6O2.H2/c1-8(15-6-5-12)7-16-11(4,9(2)13)10(3)14;1-3-5-6-4-2;/h5-6,8-10H,7,12-14H2,1-4H3;3-4H,1-2H2;1H/b6-5+;;. The zero-order valence-electron chi connectivity index (χ0n) is 14.0. The molecule has 3 unspecified atom stereocenters. The van der Waals surface area contributed by atoms with E-state index in [0.717, 1.165) is 0 Å². The molecule has 0 aliphatic heterocycles. The van der Waals surface area contributed by atoms with Crippen molar-refractivity contribution in [1.29, 1.82) is 0 Å². The van der Waals surface area contributed by atoms with Gasteiger partial charge in [0.15, 0.2) is 0 Å². The first-order valence-electron chi connectivity index (χ1n) is 6.97. The molecule has 0 aromatic rings. The van der Waals surface area contributed by atoms with Crippen LogP contribution in [0.25, 0.3) is 0 Å². The van der Waals surface area contributed by atoms with E-state index in [1.54, 1.807) is 0 Å². The predicted molar refractivity (Wildman–Crippen MR) is 90.2 cm³/mol. The van der Waals surface area contributed by atoms with Gasteiger partial charge in [-0.05, 0) is 27.7 Å². The molecule has 0 rings (SSSR count). The molecule has 0 amide bonds. The Kier molecular flexibility index (Phi) is 13.3. The quantitative estimate of drug-likeness (QED) is 0.243. The first kappa shape index (κ1) is 22.6. The number of hydrogen-bond acceptors (Lipinski definition) is 7. The van der Waals surface area contributed by atoms with E-state index in [0.29, 0.717) is 6.61 Å². The van der Waals surface area contributed by atoms with E-state index in [9.17, 15) is 0 Å². The molecule has 0 aliphatic carbocycles. The molecule has 0 aliphatic rings. The molecular formula is C15H33N3O4. The number of nitrogens with two attached hydrogens (primary N) is 3. The highest BCUT2D eigenvalue weighted by atomic mass is 17.2. The fourth-order valence-electron chi connectivity index (χ4n) is 1.27. The monoisotopic (exact) mass is 319 g/mol. The van der Waals surface area contributed by atoms with Gasteiger partial charge in [-0.25, -0.2) is 0 Å². The maximum absolute atomic E-state index is 5.88. The Bertz CT molecular complexity index is 310. The van der Waals surface area contributed by atoms with E-state index < -0.39 is 5.60 Å². The summed E-state index contributed by atoms with van der Waals surface area (Å²) in [5.74, 6) is 0. The van der Waals surface area contributed by atoms with Gasteiger partial charge in [-0.1, -0.05) is 13.2 Å². The molecular weight excluding hydrogens is 286 g/mol. The largest absolute Gasteiger partial charge is 0.494 e. The van der Waals surface area contributed by atoms with Crippen molar-refractivity contribution in [3.63, 3.8) is 0 Å². The lowest BCUT2D eigenvalue weighted by molar-refractivity contribution is -0.194. The lowest BCUT2D eigenvalue weighted by Crippen LogP contribution is -2.57. The summed E-state index contributed by atoms with van der Waals surface area (Å²) in [4.78, 5) is 8.26. The van der Waals surface area contributed by atoms with Gasteiger partial charge in [-0.2, -0.15) is 0 Å². The zero-order valence-corrected chi connectivity index (χ0v) is 14.0. The molecule has 22 heavy (non-hydrogen) atoms. The Balaban J connectivity index is -0.000000487. The molecule has 6 N–H and O–H groups in total. The summed E-state index contributed by atoms with van der Waals surface area (Å²) >= 11 is 0. The number of ether oxygens (including phenoxy) is 2. The summed E-state index contributed by atoms with van der Waals surface area (Å²) in [6.45, 7) is 14.4. The van der Waals surface area contributed by atoms with Crippen molar-refractivity contribution in [2.24, 2.45) is 17.2 Å². The van der Waals surface area contributed by atoms with Gasteiger partial charge in [0, 0.05) is 19.7 Å². The topological polar surface area (TPSA) is 115 Å². The van der Waals surface area contributed by atoms with Gasteiger partial charge in [0.1, 0.15) is 18.6 Å². The van der Waals surface area contributed by atoms with E-state index in [1.165, 1.54) is 25.0 Å². The van der Waals surface area contributed by atoms with Gasteiger partial charge < -0.3 is 26.7 Å². The highest BCUT2D eigenvalue weighted by Crippen LogP contribution is 2.18. The average Bonchev–Trinajstić information content (AvgIpc) is 2.48. The van der Waals surface area contributed by atoms with Crippen LogP contribution in [0.15, 0.2) is 38.1 Å². The lowest BCUT2D eigenvalue weighted by Gasteiger charge is -2.37. The van der Waals surface area contributed by atoms with Gasteiger partial charge >= 0.3 is 0 Å². The fourth-order valence-corrected chi connectivity index (χ4v) is 1.27. The van der Waals surface area contributed by atoms with E-state index in [2.05, 4.69) is 22.9 Å². The van der Waals surface area contributed by atoms with Crippen molar-refractivity contribution in [3.8, 4) is 0 Å². The molecule has 0 bridgehead atoms. The van der Waals surface area contributed by atoms with E-state index in [1.807, 2.05) is 27.7 Å². The SMILES string of the molecule is C=COOC=C.CC(COC(C)(C(C)N)C(C)N)O/C=C/N.[HH]. The summed E-state index contributed by atoms with van der Waals surface area (Å²) in [6, 6.07) is -0.297. The van der Waals surface area contributed by atoms with Crippen LogP contribution >= 0.6 is 0 Å². The third-order valence-electron chi connectivity index (χ3n) is 3.02. The van der Waals surface area contributed by atoms with E-state index in [4.69, 9.17) is 26.7 Å². The van der Waals surface area contributed by atoms with Crippen LogP contribution in [-0.2, 0) is 19.2 Å². The molecule has 7 heteroatoms. The molecule has 0 aromatic heterocycles. The normalized spacial score (nSPS) is 17.2. The molecule has 3 atom stereocenters. The maximum Gasteiger partial charge on any atom is 0.135 e. The average molecular weight is 319 g/mol. The van der Waals surface area contributed by atoms with Crippen LogP contribution in [0.3, 0.4) is 0 Å². The van der Waals surface area contributed by atoms with Crippen molar-refractivity contribution in [3.05, 3.63) is 38.1 Å². The van der Waals surface area contributed by atoms with Gasteiger partial charge in [0.25, 0.3) is 0 Å². The van der Waals surface area contributed by atoms with Crippen LogP contribution in [0, 0.1) is 0 Å². The van der Waals surface area contributed by atoms with Crippen molar-refractivity contribution in [1.82, 2.24) is 0 Å². The predicted octanol–water partition coefficient (Wildman–Crippen LogP) is 1.76. The summed E-state index contributed by atoms with van der Waals surface area (Å²) in [5, 5.41) is 0. The van der Waals surface area contributed by atoms with Crippen LogP contribution in [0.2, 0.25) is 0 Å². The van der Waals surface area contributed by atoms with Crippen LogP contribution in [0.1, 0.15) is 29.1 Å². The Morgan fingerprint density at radius 2 is 1.55 bits per heavy atom. The second-order valence-corrected chi connectivity index (χ2v) is 4.87. The van der Waals surface area contributed by atoms with Gasteiger partial charge in [-0.3, -0.25) is 9.78 Å². The van der Waals surface area contributed by atoms with Crippen LogP contribution in [0.5, 0.6) is 0 Å². The Morgan fingerprint density at radius 1 is 1.09 bits per heavy atom. The summed E-state index contributed by atoms with van der Waals surface area (Å²) in [5.41, 5.74) is 16.4. The number of hydrogen-bond donors (Lipinski definition) is 3. The Labute approximate surface area is 135 Å². The molecule has 132 valence electrons. The van der Waals surface area contributed by atoms with Crippen molar-refractivity contribution in [2.75, 3.05) is 6.61 Å². The van der Waals surface area contributed by atoms with Gasteiger partial charge in [0.2, 0.25) is 0 Å². The molecule has 0 fully saturated rings. The van der Waals surface area contributed by atoms with Gasteiger partial charge in [0.05, 0.1) is 18.5 Å². The van der Waals surface area contributed by atoms with Gasteiger partial charge in [-0.15, -0.1) is 0 Å². The first-order valence-corrected chi connectivity index (χ1v) is 6.97. The summed E-state index contributed by atoms with van der Waals surface area (Å²) < 4.78 is 11.0. The molecule has 0 saturated carbocycles. The third kappa shape index (κ3) is 10.1. The van der Waals surface area contributed by atoms with E-state index in [-0.39, 0.29) is 19.6 Å². The van der Waals surface area contributed by atoms with E-state index >= 15 is 0 Å². The summed E-state index contributed by atoms with van der Waals surface area (Å²) in [7, 11) is 0. The van der Waals surface area contributed by atoms with Crippen LogP contribution in [-0.4, -0.2) is 30.4 Å². The number of rotatable bonds is 10. The fraction of sp³-hybridized carbons (Fsp3) is 0.600. The molecule has 0 saturated heterocycles. The molecule has 7 nitrogen and oxygen atoms in total. The summed E-state index contributed by atoms with van der Waals surface area (Å²) in [6.07, 6.45) is 5.02. The maximum atomic E-state index is 5.88. The minimum atomic E-state index is -0.552. The van der Waals surface area contributed by atoms with Crippen molar-refractivity contribution in [2.45, 2.75) is 51.5 Å². The Hall–Kier alpha value is -1.70. The zero-order chi connectivity index (χ0) is 17.6. The first-order chi connectivity index (χ1) is 10.3. The van der Waals surface area contributed by atoms with Crippen LogP contribution in [0.4, 0.5) is 0 Å². The van der Waals surface area contributed by atoms with Crippen molar-refractivity contribution < 1.29 is 20.7 Å². The highest BCUT2D eigenvalue weighted by Gasteiger charge is 2.34. The smallest absolute Gasteiger partial charge is 0.135 e. The molecule has 0 heterocycles.